The number of nitrogens with one attached hydrogen (secondary N) is 2. The number of urea groups is 1. The van der Waals surface area contributed by atoms with Crippen molar-refractivity contribution in [2.45, 2.75) is 6.42 Å². The Morgan fingerprint density at radius 2 is 2.08 bits per heavy atom. The van der Waals surface area contributed by atoms with E-state index in [0.717, 1.165) is 19.5 Å². The van der Waals surface area contributed by atoms with Crippen LogP contribution in [0, 0.1) is 0 Å². The summed E-state index contributed by atoms with van der Waals surface area (Å²) in [5.74, 6) is 0. The van der Waals surface area contributed by atoms with Crippen molar-refractivity contribution in [2.75, 3.05) is 33.7 Å². The third kappa shape index (κ3) is 7.33. The highest BCUT2D eigenvalue weighted by Gasteiger charge is 1.99. The molecule has 0 aliphatic heterocycles. The molecule has 0 radical (unpaired) electrons. The molecule has 2 amide bonds. The van der Waals surface area contributed by atoms with Gasteiger partial charge in [0, 0.05) is 27.2 Å². The molecule has 0 aliphatic carbocycles. The molecule has 0 bridgehead atoms. The van der Waals surface area contributed by atoms with Gasteiger partial charge in [0.1, 0.15) is 0 Å². The molecule has 0 fully saturated rings. The average Bonchev–Trinajstić information content (AvgIpc) is 2.10. The molecule has 4 nitrogen and oxygen atoms in total. The number of hydrogen-bond acceptors (Lipinski definition) is 2. The minimum absolute atomic E-state index is 0.0504. The smallest absolute Gasteiger partial charge is 0.316 e. The fraction of sp³-hybridized carbons (Fsp3) is 0.667. The van der Waals surface area contributed by atoms with Crippen LogP contribution in [0.5, 0.6) is 0 Å². The van der Waals surface area contributed by atoms with E-state index < -0.39 is 0 Å². The van der Waals surface area contributed by atoms with E-state index in [-0.39, 0.29) is 6.03 Å². The number of rotatable bonds is 6. The molecular formula is C9H19N3O. The van der Waals surface area contributed by atoms with Crippen molar-refractivity contribution < 1.29 is 4.79 Å². The summed E-state index contributed by atoms with van der Waals surface area (Å²) in [6, 6.07) is -0.0504. The summed E-state index contributed by atoms with van der Waals surface area (Å²) in [7, 11) is 3.45. The predicted molar refractivity (Wildman–Crippen MR) is 54.8 cm³/mol. The van der Waals surface area contributed by atoms with Gasteiger partial charge < -0.3 is 15.5 Å². The Bertz CT molecular complexity index is 157. The summed E-state index contributed by atoms with van der Waals surface area (Å²) in [5, 5.41) is 5.93. The molecule has 0 aliphatic rings. The van der Waals surface area contributed by atoms with Crippen LogP contribution in [0.1, 0.15) is 6.42 Å². The zero-order valence-corrected chi connectivity index (χ0v) is 8.47. The molecule has 0 spiro atoms. The Morgan fingerprint density at radius 3 is 2.62 bits per heavy atom. The molecule has 2 N–H and O–H groups in total. The highest BCUT2D eigenvalue weighted by molar-refractivity contribution is 5.73. The summed E-state index contributed by atoms with van der Waals surface area (Å²) in [6.45, 7) is 5.99. The number of carbonyl (C=O) groups excluding carboxylic acids is 1. The minimum Gasteiger partial charge on any atom is -0.337 e. The zero-order valence-electron chi connectivity index (χ0n) is 8.47. The van der Waals surface area contributed by atoms with Crippen molar-refractivity contribution in [1.29, 1.82) is 0 Å². The summed E-state index contributed by atoms with van der Waals surface area (Å²) < 4.78 is 0. The van der Waals surface area contributed by atoms with Gasteiger partial charge in [-0.2, -0.15) is 0 Å². The monoisotopic (exact) mass is 185 g/mol. The Kier molecular flexibility index (Phi) is 7.01. The Morgan fingerprint density at radius 1 is 1.38 bits per heavy atom. The second-order valence-electron chi connectivity index (χ2n) is 2.95. The van der Waals surface area contributed by atoms with Gasteiger partial charge in [-0.15, -0.1) is 6.58 Å². The van der Waals surface area contributed by atoms with Gasteiger partial charge in [-0.1, -0.05) is 6.08 Å². The van der Waals surface area contributed by atoms with E-state index in [1.54, 1.807) is 14.1 Å². The van der Waals surface area contributed by atoms with Crippen LogP contribution in [0.2, 0.25) is 0 Å². The first-order valence-electron chi connectivity index (χ1n) is 4.45. The molecule has 0 aromatic heterocycles. The molecular weight excluding hydrogens is 166 g/mol. The largest absolute Gasteiger partial charge is 0.337 e. The molecule has 0 saturated carbocycles. The van der Waals surface area contributed by atoms with Crippen molar-refractivity contribution in [1.82, 2.24) is 15.5 Å². The van der Waals surface area contributed by atoms with Crippen LogP contribution in [0.15, 0.2) is 12.7 Å². The van der Waals surface area contributed by atoms with E-state index in [9.17, 15) is 4.79 Å². The summed E-state index contributed by atoms with van der Waals surface area (Å²) in [4.78, 5) is 12.5. The molecule has 0 rings (SSSR count). The van der Waals surface area contributed by atoms with Gasteiger partial charge in [0.25, 0.3) is 0 Å². The Labute approximate surface area is 80.0 Å². The maximum absolute atomic E-state index is 11.0. The lowest BCUT2D eigenvalue weighted by Crippen LogP contribution is -2.38. The standard InChI is InChI=1S/C9H19N3O/c1-4-5-6-10-7-8-11-9(13)12(2)3/h4,10H,1,5-8H2,2-3H3,(H,11,13). The van der Waals surface area contributed by atoms with Crippen molar-refractivity contribution >= 4 is 6.03 Å². The quantitative estimate of drug-likeness (QED) is 0.465. The molecule has 0 saturated heterocycles. The summed E-state index contributed by atoms with van der Waals surface area (Å²) >= 11 is 0. The minimum atomic E-state index is -0.0504. The van der Waals surface area contributed by atoms with Crippen LogP contribution in [0.3, 0.4) is 0 Å². The first-order valence-corrected chi connectivity index (χ1v) is 4.45. The van der Waals surface area contributed by atoms with E-state index in [4.69, 9.17) is 0 Å². The SMILES string of the molecule is C=CCCNCCNC(=O)N(C)C. The lowest BCUT2D eigenvalue weighted by Gasteiger charge is -2.11. The molecule has 76 valence electrons. The maximum Gasteiger partial charge on any atom is 0.316 e. The number of amides is 2. The van der Waals surface area contributed by atoms with Gasteiger partial charge in [0.05, 0.1) is 0 Å². The van der Waals surface area contributed by atoms with E-state index in [2.05, 4.69) is 17.2 Å². The average molecular weight is 185 g/mol. The third-order valence-corrected chi connectivity index (χ3v) is 1.51. The van der Waals surface area contributed by atoms with Crippen molar-refractivity contribution in [2.24, 2.45) is 0 Å². The van der Waals surface area contributed by atoms with Crippen molar-refractivity contribution in [3.8, 4) is 0 Å². The molecule has 0 atom stereocenters. The second kappa shape index (κ2) is 7.61. The van der Waals surface area contributed by atoms with Crippen LogP contribution in [0.4, 0.5) is 4.79 Å². The molecule has 4 heteroatoms. The fourth-order valence-electron chi connectivity index (χ4n) is 0.745. The first kappa shape index (κ1) is 12.0. The second-order valence-corrected chi connectivity index (χ2v) is 2.95. The van der Waals surface area contributed by atoms with E-state index in [0.29, 0.717) is 6.54 Å². The normalized spacial score (nSPS) is 9.38. The summed E-state index contributed by atoms with van der Waals surface area (Å²) in [6.07, 6.45) is 2.83. The zero-order chi connectivity index (χ0) is 10.1. The molecule has 0 aromatic rings. The van der Waals surface area contributed by atoms with E-state index >= 15 is 0 Å². The van der Waals surface area contributed by atoms with Gasteiger partial charge in [0.15, 0.2) is 0 Å². The van der Waals surface area contributed by atoms with Crippen LogP contribution >= 0.6 is 0 Å². The third-order valence-electron chi connectivity index (χ3n) is 1.51. The molecule has 0 unspecified atom stereocenters. The summed E-state index contributed by atoms with van der Waals surface area (Å²) in [5.41, 5.74) is 0. The van der Waals surface area contributed by atoms with Gasteiger partial charge in [-0.25, -0.2) is 4.79 Å². The van der Waals surface area contributed by atoms with Crippen LogP contribution in [-0.2, 0) is 0 Å². The van der Waals surface area contributed by atoms with E-state index in [1.165, 1.54) is 4.90 Å². The van der Waals surface area contributed by atoms with Crippen molar-refractivity contribution in [3.63, 3.8) is 0 Å². The van der Waals surface area contributed by atoms with Gasteiger partial charge in [-0.3, -0.25) is 0 Å². The lowest BCUT2D eigenvalue weighted by atomic mass is 10.4. The Balaban J connectivity index is 3.16. The van der Waals surface area contributed by atoms with Gasteiger partial charge in [0.2, 0.25) is 0 Å². The highest BCUT2D eigenvalue weighted by Crippen LogP contribution is 1.76. The van der Waals surface area contributed by atoms with E-state index in [1.807, 2.05) is 6.08 Å². The molecule has 13 heavy (non-hydrogen) atoms. The predicted octanol–water partition coefficient (Wildman–Crippen LogP) is 0.423. The van der Waals surface area contributed by atoms with Gasteiger partial charge >= 0.3 is 6.03 Å². The number of hydrogen-bond donors (Lipinski definition) is 2. The maximum atomic E-state index is 11.0. The first-order chi connectivity index (χ1) is 6.18. The van der Waals surface area contributed by atoms with Crippen LogP contribution < -0.4 is 10.6 Å². The van der Waals surface area contributed by atoms with Crippen molar-refractivity contribution in [3.05, 3.63) is 12.7 Å². The van der Waals surface area contributed by atoms with Crippen LogP contribution in [-0.4, -0.2) is 44.7 Å². The topological polar surface area (TPSA) is 44.4 Å². The van der Waals surface area contributed by atoms with Gasteiger partial charge in [-0.05, 0) is 13.0 Å². The highest BCUT2D eigenvalue weighted by atomic mass is 16.2. The molecule has 0 heterocycles. The number of carbonyl (C=O) groups is 1. The number of nitrogens with zero attached hydrogens (tertiary/aromatic N) is 1. The molecule has 0 aromatic carbocycles. The fourth-order valence-corrected chi connectivity index (χ4v) is 0.745. The Hall–Kier alpha value is -1.03. The van der Waals surface area contributed by atoms with Crippen LogP contribution in [0.25, 0.3) is 0 Å². The lowest BCUT2D eigenvalue weighted by molar-refractivity contribution is 0.217.